The molecule has 10 heteroatoms. The van der Waals surface area contributed by atoms with E-state index in [0.717, 1.165) is 36.0 Å². The van der Waals surface area contributed by atoms with Gasteiger partial charge < -0.3 is 19.4 Å². The highest BCUT2D eigenvalue weighted by molar-refractivity contribution is 6.00. The Morgan fingerprint density at radius 2 is 2.03 bits per heavy atom. The minimum absolute atomic E-state index is 0.0823. The Bertz CT molecular complexity index is 1110. The average molecular weight is 440 g/mol. The first-order chi connectivity index (χ1) is 15.2. The standard InChI is InChI=1S/C22H24N4O6/c1-5-8-25-14(2)9-16(15(25)3)10-17(12-23)22(28)32-13-21(27)24-19-7-6-18(26(29)30)11-20(19)31-4/h6-7,9-11H,5,8,13H2,1-4H3,(H,24,27). The number of rotatable bonds is 9. The summed E-state index contributed by atoms with van der Waals surface area (Å²) in [5.41, 5.74) is 2.41. The SMILES string of the molecule is CCCn1c(C)cc(C=C(C#N)C(=O)OCC(=O)Nc2ccc([N+](=O)[O-])cc2OC)c1C. The number of nitrogens with zero attached hydrogens (tertiary/aromatic N) is 3. The summed E-state index contributed by atoms with van der Waals surface area (Å²) in [6, 6.07) is 7.36. The topological polar surface area (TPSA) is 136 Å². The number of nitrogens with one attached hydrogen (secondary N) is 1. The van der Waals surface area contributed by atoms with E-state index >= 15 is 0 Å². The molecule has 1 amide bonds. The maximum absolute atomic E-state index is 12.3. The molecule has 0 aliphatic carbocycles. The second-order valence-electron chi connectivity index (χ2n) is 6.91. The van der Waals surface area contributed by atoms with E-state index in [-0.39, 0.29) is 22.7 Å². The van der Waals surface area contributed by atoms with Gasteiger partial charge in [0.2, 0.25) is 0 Å². The van der Waals surface area contributed by atoms with Crippen molar-refractivity contribution in [2.24, 2.45) is 0 Å². The molecule has 0 bridgehead atoms. The molecule has 0 fully saturated rings. The number of nitriles is 1. The number of hydrogen-bond acceptors (Lipinski definition) is 7. The molecule has 1 heterocycles. The number of anilines is 1. The van der Waals surface area contributed by atoms with Gasteiger partial charge in [0.05, 0.1) is 23.8 Å². The highest BCUT2D eigenvalue weighted by Crippen LogP contribution is 2.29. The molecule has 32 heavy (non-hydrogen) atoms. The molecule has 1 N–H and O–H groups in total. The minimum Gasteiger partial charge on any atom is -0.494 e. The number of benzene rings is 1. The number of nitro benzene ring substituents is 1. The lowest BCUT2D eigenvalue weighted by Gasteiger charge is -2.10. The number of aromatic nitrogens is 1. The third-order valence-electron chi connectivity index (χ3n) is 4.70. The second kappa shape index (κ2) is 10.8. The fourth-order valence-corrected chi connectivity index (χ4v) is 3.13. The van der Waals surface area contributed by atoms with Crippen LogP contribution in [0.3, 0.4) is 0 Å². The van der Waals surface area contributed by atoms with Crippen LogP contribution in [0, 0.1) is 35.3 Å². The number of amides is 1. The summed E-state index contributed by atoms with van der Waals surface area (Å²) in [7, 11) is 1.30. The van der Waals surface area contributed by atoms with Crippen LogP contribution < -0.4 is 10.1 Å². The molecular weight excluding hydrogens is 416 g/mol. The first-order valence-corrected chi connectivity index (χ1v) is 9.79. The number of aryl methyl sites for hydroxylation is 1. The zero-order chi connectivity index (χ0) is 23.8. The van der Waals surface area contributed by atoms with E-state index in [1.54, 1.807) is 0 Å². The third kappa shape index (κ3) is 5.72. The number of carbonyl (C=O) groups is 2. The molecule has 0 saturated heterocycles. The van der Waals surface area contributed by atoms with Crippen molar-refractivity contribution >= 4 is 29.3 Å². The van der Waals surface area contributed by atoms with Crippen molar-refractivity contribution in [3.8, 4) is 11.8 Å². The highest BCUT2D eigenvalue weighted by Gasteiger charge is 2.17. The van der Waals surface area contributed by atoms with Gasteiger partial charge in [0, 0.05) is 24.0 Å². The van der Waals surface area contributed by atoms with Gasteiger partial charge >= 0.3 is 5.97 Å². The van der Waals surface area contributed by atoms with Gasteiger partial charge in [-0.1, -0.05) is 6.92 Å². The Balaban J connectivity index is 2.07. The molecule has 168 valence electrons. The number of methoxy groups -OCH3 is 1. The predicted molar refractivity (Wildman–Crippen MR) is 117 cm³/mol. The second-order valence-corrected chi connectivity index (χ2v) is 6.91. The first-order valence-electron chi connectivity index (χ1n) is 9.79. The van der Waals surface area contributed by atoms with E-state index in [9.17, 15) is 25.0 Å². The van der Waals surface area contributed by atoms with Gasteiger partial charge in [-0.25, -0.2) is 4.79 Å². The van der Waals surface area contributed by atoms with E-state index in [1.165, 1.54) is 25.3 Å². The first kappa shape index (κ1) is 24.1. The molecule has 2 aromatic rings. The fraction of sp³-hybridized carbons (Fsp3) is 0.318. The summed E-state index contributed by atoms with van der Waals surface area (Å²) in [5, 5.41) is 22.7. The number of esters is 1. The Hall–Kier alpha value is -4.13. The Morgan fingerprint density at radius 3 is 2.62 bits per heavy atom. The van der Waals surface area contributed by atoms with Crippen LogP contribution in [0.5, 0.6) is 5.75 Å². The van der Waals surface area contributed by atoms with Gasteiger partial charge in [0.25, 0.3) is 11.6 Å². The Kier molecular flexibility index (Phi) is 8.12. The van der Waals surface area contributed by atoms with Crippen LogP contribution in [0.2, 0.25) is 0 Å². The maximum Gasteiger partial charge on any atom is 0.349 e. The van der Waals surface area contributed by atoms with Crippen molar-refractivity contribution in [1.82, 2.24) is 4.57 Å². The number of ether oxygens (including phenoxy) is 2. The quantitative estimate of drug-likeness (QED) is 0.207. The lowest BCUT2D eigenvalue weighted by Crippen LogP contribution is -2.21. The molecule has 1 aromatic carbocycles. The Morgan fingerprint density at radius 1 is 1.31 bits per heavy atom. The lowest BCUT2D eigenvalue weighted by molar-refractivity contribution is -0.384. The molecule has 2 rings (SSSR count). The van der Waals surface area contributed by atoms with Crippen molar-refractivity contribution < 1.29 is 24.0 Å². The van der Waals surface area contributed by atoms with Gasteiger partial charge in [-0.15, -0.1) is 0 Å². The van der Waals surface area contributed by atoms with Crippen molar-refractivity contribution in [2.75, 3.05) is 19.0 Å². The number of nitro groups is 1. The molecule has 0 atom stereocenters. The molecule has 0 spiro atoms. The number of hydrogen-bond donors (Lipinski definition) is 1. The summed E-state index contributed by atoms with van der Waals surface area (Å²) in [5.74, 6) is -1.54. The van der Waals surface area contributed by atoms with Crippen LogP contribution in [0.15, 0.2) is 29.8 Å². The van der Waals surface area contributed by atoms with Crippen molar-refractivity contribution in [3.63, 3.8) is 0 Å². The Labute approximate surface area is 185 Å². The van der Waals surface area contributed by atoms with Crippen LogP contribution in [0.4, 0.5) is 11.4 Å². The largest absolute Gasteiger partial charge is 0.494 e. The molecule has 0 aliphatic rings. The van der Waals surface area contributed by atoms with Crippen LogP contribution in [-0.4, -0.2) is 35.1 Å². The predicted octanol–water partition coefficient (Wildman–Crippen LogP) is 3.52. The van der Waals surface area contributed by atoms with Gasteiger partial charge in [-0.05, 0) is 44.0 Å². The lowest BCUT2D eigenvalue weighted by atomic mass is 10.1. The maximum atomic E-state index is 12.3. The summed E-state index contributed by atoms with van der Waals surface area (Å²) < 4.78 is 12.1. The van der Waals surface area contributed by atoms with Crippen LogP contribution in [0.25, 0.3) is 6.08 Å². The van der Waals surface area contributed by atoms with Crippen molar-refractivity contribution in [1.29, 1.82) is 5.26 Å². The normalized spacial score (nSPS) is 10.9. The highest BCUT2D eigenvalue weighted by atomic mass is 16.6. The monoisotopic (exact) mass is 440 g/mol. The molecule has 0 radical (unpaired) electrons. The van der Waals surface area contributed by atoms with E-state index in [2.05, 4.69) is 16.8 Å². The summed E-state index contributed by atoms with van der Waals surface area (Å²) >= 11 is 0. The van der Waals surface area contributed by atoms with Gasteiger partial charge in [-0.3, -0.25) is 14.9 Å². The minimum atomic E-state index is -0.932. The van der Waals surface area contributed by atoms with Gasteiger partial charge in [-0.2, -0.15) is 5.26 Å². The van der Waals surface area contributed by atoms with E-state index < -0.39 is 23.4 Å². The molecule has 1 aromatic heterocycles. The zero-order valence-corrected chi connectivity index (χ0v) is 18.3. The molecule has 0 saturated carbocycles. The average Bonchev–Trinajstić information content (AvgIpc) is 3.03. The summed E-state index contributed by atoms with van der Waals surface area (Å²) in [6.07, 6.45) is 2.38. The van der Waals surface area contributed by atoms with Gasteiger partial charge in [0.1, 0.15) is 17.4 Å². The molecule has 10 nitrogen and oxygen atoms in total. The zero-order valence-electron chi connectivity index (χ0n) is 18.3. The number of non-ortho nitro benzene ring substituents is 1. The van der Waals surface area contributed by atoms with Crippen molar-refractivity contribution in [3.05, 3.63) is 56.9 Å². The van der Waals surface area contributed by atoms with E-state index in [1.807, 2.05) is 26.0 Å². The summed E-state index contributed by atoms with van der Waals surface area (Å²) in [4.78, 5) is 34.7. The van der Waals surface area contributed by atoms with Gasteiger partial charge in [0.15, 0.2) is 6.61 Å². The van der Waals surface area contributed by atoms with Crippen LogP contribution in [-0.2, 0) is 20.9 Å². The number of carbonyl (C=O) groups excluding carboxylic acids is 2. The molecule has 0 aliphatic heterocycles. The van der Waals surface area contributed by atoms with Crippen LogP contribution in [0.1, 0.15) is 30.3 Å². The smallest absolute Gasteiger partial charge is 0.349 e. The van der Waals surface area contributed by atoms with Crippen LogP contribution >= 0.6 is 0 Å². The van der Waals surface area contributed by atoms with E-state index in [4.69, 9.17) is 9.47 Å². The van der Waals surface area contributed by atoms with E-state index in [0.29, 0.717) is 0 Å². The fourth-order valence-electron chi connectivity index (χ4n) is 3.13. The third-order valence-corrected chi connectivity index (χ3v) is 4.70. The molecule has 0 unspecified atom stereocenters. The summed E-state index contributed by atoms with van der Waals surface area (Å²) in [6.45, 7) is 6.09. The van der Waals surface area contributed by atoms with Crippen molar-refractivity contribution in [2.45, 2.75) is 33.7 Å². The molecular formula is C22H24N4O6.